The molecule has 0 amide bonds. The van der Waals surface area contributed by atoms with E-state index in [0.29, 0.717) is 10.0 Å². The minimum atomic E-state index is -0.469. The smallest absolute Gasteiger partial charge is 0.343 e. The maximum atomic E-state index is 11.3. The summed E-state index contributed by atoms with van der Waals surface area (Å²) in [5.74, 6) is 0.224. The number of anilines is 1. The van der Waals surface area contributed by atoms with E-state index in [1.54, 1.807) is 24.3 Å². The Morgan fingerprint density at radius 2 is 1.95 bits per heavy atom. The Labute approximate surface area is 131 Å². The molecule has 0 fully saturated rings. The number of halogens is 1. The maximum absolute atomic E-state index is 11.3. The number of nitro groups is 1. The van der Waals surface area contributed by atoms with Gasteiger partial charge >= 0.3 is 5.69 Å². The summed E-state index contributed by atoms with van der Waals surface area (Å²) >= 11 is 7.03. The summed E-state index contributed by atoms with van der Waals surface area (Å²) in [6, 6.07) is 7.06. The van der Waals surface area contributed by atoms with Crippen molar-refractivity contribution < 1.29 is 4.92 Å². The van der Waals surface area contributed by atoms with Gasteiger partial charge in [0, 0.05) is 16.0 Å². The van der Waals surface area contributed by atoms with Gasteiger partial charge in [0.25, 0.3) is 0 Å². The number of rotatable bonds is 5. The van der Waals surface area contributed by atoms with Crippen molar-refractivity contribution in [2.45, 2.75) is 29.8 Å². The zero-order valence-corrected chi connectivity index (χ0v) is 13.0. The standard InChI is InChI=1S/C13H13ClN4O2S/c1-8(2)17-12-11(18(19)20)13(16-7-15-12)21-10-5-3-9(14)4-6-10/h3-8H,1-2H3,(H,15,16,17). The number of nitrogens with one attached hydrogen (secondary N) is 1. The second-order valence-electron chi connectivity index (χ2n) is 4.49. The highest BCUT2D eigenvalue weighted by molar-refractivity contribution is 7.99. The lowest BCUT2D eigenvalue weighted by atomic mass is 10.3. The molecule has 8 heteroatoms. The minimum absolute atomic E-state index is 0.0342. The molecule has 0 aliphatic rings. The fraction of sp³-hybridized carbons (Fsp3) is 0.231. The van der Waals surface area contributed by atoms with Crippen molar-refractivity contribution in [3.05, 3.63) is 45.7 Å². The quantitative estimate of drug-likeness (QED) is 0.508. The van der Waals surface area contributed by atoms with Gasteiger partial charge in [-0.1, -0.05) is 23.4 Å². The van der Waals surface area contributed by atoms with Gasteiger partial charge in [0.05, 0.1) is 4.92 Å². The van der Waals surface area contributed by atoms with Gasteiger partial charge < -0.3 is 5.32 Å². The van der Waals surface area contributed by atoms with Crippen LogP contribution in [0.2, 0.25) is 5.02 Å². The second kappa shape index (κ2) is 6.73. The van der Waals surface area contributed by atoms with Crippen molar-refractivity contribution in [2.24, 2.45) is 0 Å². The van der Waals surface area contributed by atoms with Gasteiger partial charge in [-0.25, -0.2) is 9.97 Å². The number of hydrogen-bond donors (Lipinski definition) is 1. The minimum Gasteiger partial charge on any atom is -0.362 e. The normalized spacial score (nSPS) is 10.7. The highest BCUT2D eigenvalue weighted by atomic mass is 35.5. The summed E-state index contributed by atoms with van der Waals surface area (Å²) < 4.78 is 0. The molecule has 1 aromatic heterocycles. The molecule has 2 aromatic rings. The molecule has 0 atom stereocenters. The van der Waals surface area contributed by atoms with Crippen LogP contribution in [0.3, 0.4) is 0 Å². The molecule has 6 nitrogen and oxygen atoms in total. The van der Waals surface area contributed by atoms with Crippen molar-refractivity contribution in [1.29, 1.82) is 0 Å². The predicted octanol–water partition coefficient (Wildman–Crippen LogP) is 4.01. The van der Waals surface area contributed by atoms with Crippen LogP contribution in [0.5, 0.6) is 0 Å². The van der Waals surface area contributed by atoms with E-state index in [2.05, 4.69) is 15.3 Å². The van der Waals surface area contributed by atoms with Gasteiger partial charge in [0.15, 0.2) is 5.03 Å². The van der Waals surface area contributed by atoms with Gasteiger partial charge in [0.1, 0.15) is 6.33 Å². The van der Waals surface area contributed by atoms with Crippen LogP contribution in [-0.4, -0.2) is 20.9 Å². The summed E-state index contributed by atoms with van der Waals surface area (Å²) in [6.45, 7) is 3.77. The fourth-order valence-corrected chi connectivity index (χ4v) is 2.58. The number of benzene rings is 1. The Bertz CT molecular complexity index is 649. The van der Waals surface area contributed by atoms with E-state index in [0.717, 1.165) is 4.90 Å². The Balaban J connectivity index is 2.38. The third kappa shape index (κ3) is 4.05. The number of nitrogens with zero attached hydrogens (tertiary/aromatic N) is 3. The van der Waals surface area contributed by atoms with E-state index in [-0.39, 0.29) is 17.5 Å². The molecule has 21 heavy (non-hydrogen) atoms. The lowest BCUT2D eigenvalue weighted by Gasteiger charge is -2.10. The summed E-state index contributed by atoms with van der Waals surface area (Å²) in [5.41, 5.74) is -0.119. The molecule has 0 radical (unpaired) electrons. The molecule has 0 saturated heterocycles. The van der Waals surface area contributed by atoms with Crippen molar-refractivity contribution in [2.75, 3.05) is 5.32 Å². The average Bonchev–Trinajstić information content (AvgIpc) is 2.40. The third-order valence-corrected chi connectivity index (χ3v) is 3.68. The molecular formula is C13H13ClN4O2S. The van der Waals surface area contributed by atoms with Crippen LogP contribution < -0.4 is 5.32 Å². The van der Waals surface area contributed by atoms with Crippen LogP contribution in [-0.2, 0) is 0 Å². The topological polar surface area (TPSA) is 81.0 Å². The van der Waals surface area contributed by atoms with Gasteiger partial charge in [-0.15, -0.1) is 0 Å². The Morgan fingerprint density at radius 3 is 2.52 bits per heavy atom. The molecule has 1 heterocycles. The first-order valence-corrected chi connectivity index (χ1v) is 7.36. The number of hydrogen-bond acceptors (Lipinski definition) is 6. The Morgan fingerprint density at radius 1 is 1.29 bits per heavy atom. The summed E-state index contributed by atoms with van der Waals surface area (Å²) in [4.78, 5) is 19.6. The summed E-state index contributed by atoms with van der Waals surface area (Å²) in [7, 11) is 0. The second-order valence-corrected chi connectivity index (χ2v) is 5.99. The van der Waals surface area contributed by atoms with Crippen molar-refractivity contribution >= 4 is 34.9 Å². The van der Waals surface area contributed by atoms with Gasteiger partial charge in [-0.05, 0) is 38.1 Å². The lowest BCUT2D eigenvalue weighted by Crippen LogP contribution is -2.13. The van der Waals surface area contributed by atoms with Crippen LogP contribution in [0.4, 0.5) is 11.5 Å². The van der Waals surface area contributed by atoms with E-state index < -0.39 is 4.92 Å². The zero-order valence-electron chi connectivity index (χ0n) is 11.4. The number of aromatic nitrogens is 2. The van der Waals surface area contributed by atoms with Crippen molar-refractivity contribution in [3.8, 4) is 0 Å². The largest absolute Gasteiger partial charge is 0.362 e. The summed E-state index contributed by atoms with van der Waals surface area (Å²) in [5, 5.41) is 15.2. The van der Waals surface area contributed by atoms with Crippen molar-refractivity contribution in [1.82, 2.24) is 9.97 Å². The molecule has 1 N–H and O–H groups in total. The van der Waals surface area contributed by atoms with E-state index in [1.165, 1.54) is 18.1 Å². The van der Waals surface area contributed by atoms with Gasteiger partial charge in [0.2, 0.25) is 5.82 Å². The molecule has 0 aliphatic heterocycles. The van der Waals surface area contributed by atoms with Crippen LogP contribution in [0.1, 0.15) is 13.8 Å². The summed E-state index contributed by atoms with van der Waals surface area (Å²) in [6.07, 6.45) is 1.32. The first-order chi connectivity index (χ1) is 9.97. The third-order valence-electron chi connectivity index (χ3n) is 2.42. The Hall–Kier alpha value is -1.86. The first kappa shape index (κ1) is 15.5. The van der Waals surface area contributed by atoms with Crippen molar-refractivity contribution in [3.63, 3.8) is 0 Å². The molecule has 0 unspecified atom stereocenters. The van der Waals surface area contributed by atoms with Crippen LogP contribution in [0.25, 0.3) is 0 Å². The molecule has 110 valence electrons. The zero-order chi connectivity index (χ0) is 15.4. The van der Waals surface area contributed by atoms with Crippen LogP contribution in [0, 0.1) is 10.1 Å². The molecule has 2 rings (SSSR count). The van der Waals surface area contributed by atoms with E-state index in [1.807, 2.05) is 13.8 Å². The molecule has 0 aliphatic carbocycles. The first-order valence-electron chi connectivity index (χ1n) is 6.16. The Kier molecular flexibility index (Phi) is 4.98. The van der Waals surface area contributed by atoms with Gasteiger partial charge in [-0.3, -0.25) is 10.1 Å². The van der Waals surface area contributed by atoms with Gasteiger partial charge in [-0.2, -0.15) is 0 Å². The lowest BCUT2D eigenvalue weighted by molar-refractivity contribution is -0.387. The fourth-order valence-electron chi connectivity index (χ4n) is 1.60. The highest BCUT2D eigenvalue weighted by Gasteiger charge is 2.24. The molecule has 0 spiro atoms. The SMILES string of the molecule is CC(C)Nc1ncnc(Sc2ccc(Cl)cc2)c1[N+](=O)[O-]. The molecule has 1 aromatic carbocycles. The van der Waals surface area contributed by atoms with E-state index in [4.69, 9.17) is 11.6 Å². The average molecular weight is 325 g/mol. The highest BCUT2D eigenvalue weighted by Crippen LogP contribution is 2.36. The van der Waals surface area contributed by atoms with E-state index >= 15 is 0 Å². The van der Waals surface area contributed by atoms with Crippen LogP contribution in [0.15, 0.2) is 40.5 Å². The molecule has 0 saturated carbocycles. The van der Waals surface area contributed by atoms with Crippen LogP contribution >= 0.6 is 23.4 Å². The monoisotopic (exact) mass is 324 g/mol. The van der Waals surface area contributed by atoms with E-state index in [9.17, 15) is 10.1 Å². The molecule has 0 bridgehead atoms. The predicted molar refractivity (Wildman–Crippen MR) is 83.0 cm³/mol. The maximum Gasteiger partial charge on any atom is 0.343 e. The molecular weight excluding hydrogens is 312 g/mol.